The van der Waals surface area contributed by atoms with Crippen molar-refractivity contribution >= 4 is 0 Å². The molecule has 1 N–H and O–H groups in total. The lowest BCUT2D eigenvalue weighted by atomic mass is 9.96. The molecule has 76 valence electrons. The maximum Gasteiger partial charge on any atom is 0.126 e. The van der Waals surface area contributed by atoms with Crippen LogP contribution >= 0.6 is 0 Å². The van der Waals surface area contributed by atoms with Gasteiger partial charge in [0.2, 0.25) is 0 Å². The lowest BCUT2D eigenvalue weighted by molar-refractivity contribution is 0.610. The molecule has 1 saturated heterocycles. The van der Waals surface area contributed by atoms with Gasteiger partial charge in [0, 0.05) is 12.6 Å². The molecule has 1 heterocycles. The summed E-state index contributed by atoms with van der Waals surface area (Å²) >= 11 is 0. The Balaban J connectivity index is 2.20. The number of aryl methyl sites for hydroxylation is 1. The molecular weight excluding hydrogens is 177 g/mol. The zero-order chi connectivity index (χ0) is 10.1. The molecule has 0 radical (unpaired) electrons. The van der Waals surface area contributed by atoms with Gasteiger partial charge >= 0.3 is 0 Å². The predicted octanol–water partition coefficient (Wildman–Crippen LogP) is 2.60. The van der Waals surface area contributed by atoms with Crippen LogP contribution in [0.2, 0.25) is 0 Å². The first-order valence-corrected chi connectivity index (χ1v) is 5.16. The smallest absolute Gasteiger partial charge is 0.126 e. The Hall–Kier alpha value is -0.890. The lowest BCUT2D eigenvalue weighted by Gasteiger charge is -2.09. The molecule has 1 aliphatic rings. The van der Waals surface area contributed by atoms with Gasteiger partial charge in [0.15, 0.2) is 0 Å². The highest BCUT2D eigenvalue weighted by molar-refractivity contribution is 5.27. The van der Waals surface area contributed by atoms with Crippen molar-refractivity contribution in [3.63, 3.8) is 0 Å². The van der Waals surface area contributed by atoms with Gasteiger partial charge in [0.05, 0.1) is 0 Å². The normalized spacial score (nSPS) is 26.8. The number of rotatable bonds is 1. The van der Waals surface area contributed by atoms with Crippen molar-refractivity contribution in [3.8, 4) is 0 Å². The van der Waals surface area contributed by atoms with Crippen molar-refractivity contribution in [1.29, 1.82) is 0 Å². The molecule has 1 aromatic carbocycles. The molecule has 0 saturated carbocycles. The molecule has 2 rings (SSSR count). The summed E-state index contributed by atoms with van der Waals surface area (Å²) < 4.78 is 13.3. The van der Waals surface area contributed by atoms with Gasteiger partial charge in [-0.3, -0.25) is 0 Å². The molecule has 1 fully saturated rings. The Labute approximate surface area is 84.3 Å². The minimum Gasteiger partial charge on any atom is -0.314 e. The van der Waals surface area contributed by atoms with E-state index in [1.165, 1.54) is 0 Å². The highest BCUT2D eigenvalue weighted by Crippen LogP contribution is 2.26. The van der Waals surface area contributed by atoms with Gasteiger partial charge in [-0.2, -0.15) is 0 Å². The summed E-state index contributed by atoms with van der Waals surface area (Å²) in [6, 6.07) is 6.15. The molecular formula is C12H16FN. The van der Waals surface area contributed by atoms with Crippen LogP contribution in [-0.2, 0) is 0 Å². The van der Waals surface area contributed by atoms with E-state index in [1.807, 2.05) is 12.1 Å². The Kier molecular flexibility index (Phi) is 2.55. The van der Waals surface area contributed by atoms with Crippen LogP contribution in [-0.4, -0.2) is 12.6 Å². The van der Waals surface area contributed by atoms with E-state index in [2.05, 4.69) is 12.2 Å². The molecule has 2 atom stereocenters. The monoisotopic (exact) mass is 193 g/mol. The molecule has 0 spiro atoms. The van der Waals surface area contributed by atoms with E-state index < -0.39 is 0 Å². The Morgan fingerprint density at radius 3 is 2.79 bits per heavy atom. The maximum absolute atomic E-state index is 13.3. The Morgan fingerprint density at radius 1 is 1.43 bits per heavy atom. The zero-order valence-electron chi connectivity index (χ0n) is 8.68. The standard InChI is InChI=1S/C12H16FN/c1-8-3-4-10(6-12(8)13)11-5-9(2)14-7-11/h3-4,6,9,11,14H,5,7H2,1-2H3. The van der Waals surface area contributed by atoms with Gasteiger partial charge in [0.25, 0.3) is 0 Å². The fourth-order valence-corrected chi connectivity index (χ4v) is 2.05. The van der Waals surface area contributed by atoms with Crippen LogP contribution in [0.1, 0.15) is 30.4 Å². The fourth-order valence-electron chi connectivity index (χ4n) is 2.05. The van der Waals surface area contributed by atoms with Crippen LogP contribution in [0.3, 0.4) is 0 Å². The fraction of sp³-hybridized carbons (Fsp3) is 0.500. The summed E-state index contributed by atoms with van der Waals surface area (Å²) in [7, 11) is 0. The van der Waals surface area contributed by atoms with Crippen LogP contribution in [0.25, 0.3) is 0 Å². The average Bonchev–Trinajstić information content (AvgIpc) is 2.57. The summed E-state index contributed by atoms with van der Waals surface area (Å²) in [5.74, 6) is 0.405. The maximum atomic E-state index is 13.3. The third-order valence-corrected chi connectivity index (χ3v) is 3.02. The molecule has 1 nitrogen and oxygen atoms in total. The molecule has 1 aromatic rings. The first-order chi connectivity index (χ1) is 6.66. The number of halogens is 1. The first-order valence-electron chi connectivity index (χ1n) is 5.16. The van der Waals surface area contributed by atoms with Crippen LogP contribution < -0.4 is 5.32 Å². The van der Waals surface area contributed by atoms with E-state index >= 15 is 0 Å². The van der Waals surface area contributed by atoms with Crippen LogP contribution in [0.4, 0.5) is 4.39 Å². The molecule has 2 heteroatoms. The van der Waals surface area contributed by atoms with Crippen LogP contribution in [0.15, 0.2) is 18.2 Å². The highest BCUT2D eigenvalue weighted by atomic mass is 19.1. The van der Waals surface area contributed by atoms with Crippen molar-refractivity contribution in [1.82, 2.24) is 5.32 Å². The first kappa shape index (κ1) is 9.66. The van der Waals surface area contributed by atoms with Crippen molar-refractivity contribution in [2.24, 2.45) is 0 Å². The molecule has 1 aliphatic heterocycles. The molecule has 0 aromatic heterocycles. The lowest BCUT2D eigenvalue weighted by Crippen LogP contribution is -2.16. The van der Waals surface area contributed by atoms with E-state index in [0.29, 0.717) is 12.0 Å². The van der Waals surface area contributed by atoms with Crippen molar-refractivity contribution in [3.05, 3.63) is 35.1 Å². The van der Waals surface area contributed by atoms with Crippen LogP contribution in [0, 0.1) is 12.7 Å². The third kappa shape index (κ3) is 1.80. The SMILES string of the molecule is Cc1ccc(C2CNC(C)C2)cc1F. The van der Waals surface area contributed by atoms with E-state index in [0.717, 1.165) is 24.1 Å². The second-order valence-corrected chi connectivity index (χ2v) is 4.25. The minimum absolute atomic E-state index is 0.0814. The summed E-state index contributed by atoms with van der Waals surface area (Å²) in [5.41, 5.74) is 1.86. The second kappa shape index (κ2) is 3.70. The number of hydrogen-bond acceptors (Lipinski definition) is 1. The summed E-state index contributed by atoms with van der Waals surface area (Å²) in [6.07, 6.45) is 1.11. The topological polar surface area (TPSA) is 12.0 Å². The average molecular weight is 193 g/mol. The molecule has 0 aliphatic carbocycles. The highest BCUT2D eigenvalue weighted by Gasteiger charge is 2.22. The summed E-state index contributed by atoms with van der Waals surface area (Å²) in [6.45, 7) is 4.95. The van der Waals surface area contributed by atoms with Gasteiger partial charge in [-0.1, -0.05) is 12.1 Å². The van der Waals surface area contributed by atoms with E-state index in [-0.39, 0.29) is 5.82 Å². The van der Waals surface area contributed by atoms with Gasteiger partial charge in [-0.15, -0.1) is 0 Å². The van der Waals surface area contributed by atoms with E-state index in [9.17, 15) is 4.39 Å². The Morgan fingerprint density at radius 2 is 2.21 bits per heavy atom. The van der Waals surface area contributed by atoms with Crippen molar-refractivity contribution in [2.75, 3.05) is 6.54 Å². The third-order valence-electron chi connectivity index (χ3n) is 3.02. The van der Waals surface area contributed by atoms with Gasteiger partial charge in [-0.05, 0) is 43.4 Å². The van der Waals surface area contributed by atoms with Gasteiger partial charge in [-0.25, -0.2) is 4.39 Å². The quantitative estimate of drug-likeness (QED) is 0.723. The molecule has 14 heavy (non-hydrogen) atoms. The second-order valence-electron chi connectivity index (χ2n) is 4.25. The molecule has 0 amide bonds. The number of nitrogens with one attached hydrogen (secondary N) is 1. The van der Waals surface area contributed by atoms with Gasteiger partial charge < -0.3 is 5.32 Å². The van der Waals surface area contributed by atoms with Crippen molar-refractivity contribution < 1.29 is 4.39 Å². The minimum atomic E-state index is -0.0814. The Bertz CT molecular complexity index is 335. The van der Waals surface area contributed by atoms with Gasteiger partial charge in [0.1, 0.15) is 5.82 Å². The molecule has 0 bridgehead atoms. The predicted molar refractivity (Wildman–Crippen MR) is 56.0 cm³/mol. The van der Waals surface area contributed by atoms with Crippen molar-refractivity contribution in [2.45, 2.75) is 32.2 Å². The number of benzene rings is 1. The van der Waals surface area contributed by atoms with Crippen LogP contribution in [0.5, 0.6) is 0 Å². The summed E-state index contributed by atoms with van der Waals surface area (Å²) in [5, 5.41) is 3.38. The van der Waals surface area contributed by atoms with E-state index in [4.69, 9.17) is 0 Å². The van der Waals surface area contributed by atoms with E-state index in [1.54, 1.807) is 13.0 Å². The molecule has 2 unspecified atom stereocenters. The largest absolute Gasteiger partial charge is 0.314 e. The number of hydrogen-bond donors (Lipinski definition) is 1. The zero-order valence-corrected chi connectivity index (χ0v) is 8.68. The summed E-state index contributed by atoms with van der Waals surface area (Å²) in [4.78, 5) is 0.